The molecule has 5 heteroatoms. The molecule has 0 radical (unpaired) electrons. The van der Waals surface area contributed by atoms with Gasteiger partial charge in [-0.3, -0.25) is 4.79 Å². The summed E-state index contributed by atoms with van der Waals surface area (Å²) in [5, 5.41) is 11.1. The van der Waals surface area contributed by atoms with Crippen LogP contribution in [0, 0.1) is 5.41 Å². The van der Waals surface area contributed by atoms with Gasteiger partial charge in [0.25, 0.3) is 5.91 Å². The number of carbonyl (C=O) groups is 1. The maximum Gasteiger partial charge on any atom is 0.251 e. The molecule has 0 unspecified atom stereocenters. The van der Waals surface area contributed by atoms with Crippen LogP contribution < -0.4 is 10.2 Å². The van der Waals surface area contributed by atoms with Gasteiger partial charge in [0.05, 0.1) is 11.1 Å². The van der Waals surface area contributed by atoms with E-state index in [4.69, 9.17) is 17.0 Å². The fourth-order valence-corrected chi connectivity index (χ4v) is 4.23. The van der Waals surface area contributed by atoms with E-state index in [0.717, 1.165) is 29.8 Å². The van der Waals surface area contributed by atoms with Gasteiger partial charge in [-0.15, -0.1) is 0 Å². The zero-order chi connectivity index (χ0) is 21.1. The van der Waals surface area contributed by atoms with E-state index in [1.54, 1.807) is 0 Å². The standard InChI is InChI=1S/C25H24ClN3O/c1-17-24(13-14-29(17)22-12-11-21(16-27)23(26)15-22)28-25(30)20-9-7-19(8-10-20)18-5-3-2-4-6-18/h2-12,15-17,24,27H,13-14H2,1H3,(H,28,30)/t17-,24+/m0/s1. The van der Waals surface area contributed by atoms with Gasteiger partial charge >= 0.3 is 0 Å². The molecule has 30 heavy (non-hydrogen) atoms. The third-order valence-corrected chi connectivity index (χ3v) is 6.12. The van der Waals surface area contributed by atoms with Gasteiger partial charge in [0.1, 0.15) is 0 Å². The number of carbonyl (C=O) groups excluding carboxylic acids is 1. The Morgan fingerprint density at radius 2 is 1.77 bits per heavy atom. The highest BCUT2D eigenvalue weighted by molar-refractivity contribution is 6.33. The zero-order valence-corrected chi connectivity index (χ0v) is 17.6. The second-order valence-electron chi connectivity index (χ2n) is 7.60. The number of rotatable bonds is 5. The molecule has 1 saturated heterocycles. The molecule has 0 saturated carbocycles. The summed E-state index contributed by atoms with van der Waals surface area (Å²) < 4.78 is 0. The van der Waals surface area contributed by atoms with Crippen molar-refractivity contribution in [2.45, 2.75) is 25.4 Å². The Labute approximate surface area is 182 Å². The average molecular weight is 418 g/mol. The van der Waals surface area contributed by atoms with E-state index < -0.39 is 0 Å². The molecule has 4 rings (SSSR count). The number of benzene rings is 3. The lowest BCUT2D eigenvalue weighted by atomic mass is 10.0. The van der Waals surface area contributed by atoms with Crippen LogP contribution >= 0.6 is 11.6 Å². The molecular weight excluding hydrogens is 394 g/mol. The highest BCUT2D eigenvalue weighted by Gasteiger charge is 2.32. The van der Waals surface area contributed by atoms with Crippen LogP contribution in [0.15, 0.2) is 72.8 Å². The van der Waals surface area contributed by atoms with E-state index in [9.17, 15) is 4.79 Å². The lowest BCUT2D eigenvalue weighted by molar-refractivity contribution is 0.0935. The molecule has 1 heterocycles. The molecule has 152 valence electrons. The summed E-state index contributed by atoms with van der Waals surface area (Å²) in [6.07, 6.45) is 2.13. The van der Waals surface area contributed by atoms with Gasteiger partial charge in [-0.1, -0.05) is 54.1 Å². The minimum atomic E-state index is -0.0505. The summed E-state index contributed by atoms with van der Waals surface area (Å²) >= 11 is 6.27. The SMILES string of the molecule is C[C@H]1[C@H](NC(=O)c2ccc(-c3ccccc3)cc2)CCN1c1ccc(C=N)c(Cl)c1. The maximum atomic E-state index is 12.8. The molecule has 0 aromatic heterocycles. The van der Waals surface area contributed by atoms with Crippen molar-refractivity contribution < 1.29 is 4.79 Å². The van der Waals surface area contributed by atoms with Crippen LogP contribution in [-0.4, -0.2) is 30.8 Å². The van der Waals surface area contributed by atoms with Crippen LogP contribution in [0.5, 0.6) is 0 Å². The minimum absolute atomic E-state index is 0.0505. The first-order valence-electron chi connectivity index (χ1n) is 10.1. The fourth-order valence-electron chi connectivity index (χ4n) is 4.01. The van der Waals surface area contributed by atoms with Crippen molar-refractivity contribution in [1.29, 1.82) is 5.41 Å². The van der Waals surface area contributed by atoms with Gasteiger partial charge in [0, 0.05) is 35.6 Å². The van der Waals surface area contributed by atoms with E-state index in [1.807, 2.05) is 60.7 Å². The average Bonchev–Trinajstić information content (AvgIpc) is 3.14. The van der Waals surface area contributed by atoms with Gasteiger partial charge in [0.2, 0.25) is 0 Å². The highest BCUT2D eigenvalue weighted by Crippen LogP contribution is 2.29. The van der Waals surface area contributed by atoms with E-state index in [-0.39, 0.29) is 18.0 Å². The smallest absolute Gasteiger partial charge is 0.251 e. The van der Waals surface area contributed by atoms with Crippen molar-refractivity contribution in [2.75, 3.05) is 11.4 Å². The molecule has 2 N–H and O–H groups in total. The molecule has 1 aliphatic heterocycles. The Morgan fingerprint density at radius 3 is 2.43 bits per heavy atom. The predicted octanol–water partition coefficient (Wildman–Crippen LogP) is 5.40. The Kier molecular flexibility index (Phi) is 5.86. The van der Waals surface area contributed by atoms with Crippen LogP contribution in [0.3, 0.4) is 0 Å². The fraction of sp³-hybridized carbons (Fsp3) is 0.200. The molecule has 4 nitrogen and oxygen atoms in total. The van der Waals surface area contributed by atoms with Crippen LogP contribution in [0.25, 0.3) is 11.1 Å². The van der Waals surface area contributed by atoms with E-state index >= 15 is 0 Å². The number of amides is 1. The first kappa shape index (κ1) is 20.2. The number of anilines is 1. The Morgan fingerprint density at radius 1 is 1.07 bits per heavy atom. The normalized spacial score (nSPS) is 18.3. The predicted molar refractivity (Wildman–Crippen MR) is 124 cm³/mol. The molecule has 3 aromatic rings. The van der Waals surface area contributed by atoms with Crippen molar-refractivity contribution in [1.82, 2.24) is 5.32 Å². The second-order valence-corrected chi connectivity index (χ2v) is 8.00. The van der Waals surface area contributed by atoms with Crippen molar-refractivity contribution in [3.05, 3.63) is 88.9 Å². The van der Waals surface area contributed by atoms with Crippen LogP contribution in [0.4, 0.5) is 5.69 Å². The van der Waals surface area contributed by atoms with Crippen molar-refractivity contribution in [3.63, 3.8) is 0 Å². The number of halogens is 1. The van der Waals surface area contributed by atoms with Gasteiger partial charge in [-0.2, -0.15) is 0 Å². The zero-order valence-electron chi connectivity index (χ0n) is 16.8. The monoisotopic (exact) mass is 417 g/mol. The largest absolute Gasteiger partial charge is 0.367 e. The second kappa shape index (κ2) is 8.72. The Hall–Kier alpha value is -3.11. The van der Waals surface area contributed by atoms with Crippen molar-refractivity contribution in [3.8, 4) is 11.1 Å². The molecule has 1 amide bonds. The number of nitrogens with one attached hydrogen (secondary N) is 2. The minimum Gasteiger partial charge on any atom is -0.367 e. The lowest BCUT2D eigenvalue weighted by Crippen LogP contribution is -2.43. The lowest BCUT2D eigenvalue weighted by Gasteiger charge is -2.27. The maximum absolute atomic E-state index is 12.8. The summed E-state index contributed by atoms with van der Waals surface area (Å²) in [7, 11) is 0. The van der Waals surface area contributed by atoms with E-state index in [1.165, 1.54) is 6.21 Å². The van der Waals surface area contributed by atoms with Gasteiger partial charge in [0.15, 0.2) is 0 Å². The third-order valence-electron chi connectivity index (χ3n) is 5.80. The quantitative estimate of drug-likeness (QED) is 0.546. The summed E-state index contributed by atoms with van der Waals surface area (Å²) in [6.45, 7) is 2.97. The molecule has 0 bridgehead atoms. The molecule has 0 aliphatic carbocycles. The molecular formula is C25H24ClN3O. The summed E-state index contributed by atoms with van der Waals surface area (Å²) in [5.41, 5.74) is 4.62. The van der Waals surface area contributed by atoms with Gasteiger partial charge < -0.3 is 15.6 Å². The van der Waals surface area contributed by atoms with Crippen molar-refractivity contribution >= 4 is 29.4 Å². The van der Waals surface area contributed by atoms with Crippen molar-refractivity contribution in [2.24, 2.45) is 0 Å². The summed E-state index contributed by atoms with van der Waals surface area (Å²) in [5.74, 6) is -0.0505. The van der Waals surface area contributed by atoms with E-state index in [2.05, 4.69) is 29.3 Å². The molecule has 3 aromatic carbocycles. The number of nitrogens with zero attached hydrogens (tertiary/aromatic N) is 1. The summed E-state index contributed by atoms with van der Waals surface area (Å²) in [6, 6.07) is 23.8. The van der Waals surface area contributed by atoms with Gasteiger partial charge in [-0.25, -0.2) is 0 Å². The molecule has 0 spiro atoms. The van der Waals surface area contributed by atoms with Crippen LogP contribution in [-0.2, 0) is 0 Å². The number of hydrogen-bond acceptors (Lipinski definition) is 3. The van der Waals surface area contributed by atoms with Crippen LogP contribution in [0.1, 0.15) is 29.3 Å². The molecule has 1 fully saturated rings. The Balaban J connectivity index is 1.42. The number of hydrogen-bond donors (Lipinski definition) is 2. The van der Waals surface area contributed by atoms with Crippen LogP contribution in [0.2, 0.25) is 5.02 Å². The Bertz CT molecular complexity index is 1050. The molecule has 1 aliphatic rings. The first-order chi connectivity index (χ1) is 14.6. The first-order valence-corrected chi connectivity index (χ1v) is 10.5. The van der Waals surface area contributed by atoms with Gasteiger partial charge in [-0.05, 0) is 54.8 Å². The highest BCUT2D eigenvalue weighted by atomic mass is 35.5. The van der Waals surface area contributed by atoms with E-state index in [0.29, 0.717) is 16.1 Å². The summed E-state index contributed by atoms with van der Waals surface area (Å²) in [4.78, 5) is 15.1. The molecule has 2 atom stereocenters. The third kappa shape index (κ3) is 4.10. The topological polar surface area (TPSA) is 56.2 Å².